The Hall–Kier alpha value is -4.11. The molecule has 6 heteroatoms. The van der Waals surface area contributed by atoms with Crippen molar-refractivity contribution < 1.29 is 14.7 Å². The highest BCUT2D eigenvalue weighted by atomic mass is 16.4. The maximum atomic E-state index is 12.5. The van der Waals surface area contributed by atoms with Crippen LogP contribution in [0.25, 0.3) is 0 Å². The van der Waals surface area contributed by atoms with Gasteiger partial charge in [0, 0.05) is 17.3 Å². The van der Waals surface area contributed by atoms with Gasteiger partial charge < -0.3 is 10.4 Å². The molecule has 1 atom stereocenters. The number of urea groups is 1. The third kappa shape index (κ3) is 5.69. The van der Waals surface area contributed by atoms with Crippen molar-refractivity contribution in [1.82, 2.24) is 10.3 Å². The molecule has 30 heavy (non-hydrogen) atoms. The minimum absolute atomic E-state index is 0.258. The molecule has 0 aliphatic rings. The van der Waals surface area contributed by atoms with Crippen LogP contribution in [0.5, 0.6) is 0 Å². The van der Waals surface area contributed by atoms with E-state index in [1.165, 1.54) is 0 Å². The van der Waals surface area contributed by atoms with E-state index >= 15 is 0 Å². The van der Waals surface area contributed by atoms with Gasteiger partial charge in [-0.05, 0) is 36.8 Å². The number of anilines is 1. The van der Waals surface area contributed by atoms with Crippen molar-refractivity contribution in [2.75, 3.05) is 5.32 Å². The van der Waals surface area contributed by atoms with Crippen molar-refractivity contribution >= 4 is 17.8 Å². The van der Waals surface area contributed by atoms with Gasteiger partial charge in [0.2, 0.25) is 0 Å². The highest BCUT2D eigenvalue weighted by Gasteiger charge is 2.31. The molecule has 1 aromatic heterocycles. The molecule has 3 N–H and O–H groups in total. The maximum absolute atomic E-state index is 12.5. The molecular formula is C24H21N3O3. The van der Waals surface area contributed by atoms with Crippen LogP contribution < -0.4 is 10.6 Å². The summed E-state index contributed by atoms with van der Waals surface area (Å²) >= 11 is 0. The summed E-state index contributed by atoms with van der Waals surface area (Å²) in [6.07, 6.45) is 1.31. The van der Waals surface area contributed by atoms with E-state index in [1.54, 1.807) is 49.5 Å². The second kappa shape index (κ2) is 9.39. The number of hydrogen-bond acceptors (Lipinski definition) is 3. The second-order valence-corrected chi connectivity index (χ2v) is 6.90. The number of aliphatic carboxylic acids is 1. The highest BCUT2D eigenvalue weighted by molar-refractivity contribution is 5.89. The van der Waals surface area contributed by atoms with Crippen LogP contribution in [0.15, 0.2) is 79.0 Å². The molecule has 6 nitrogen and oxygen atoms in total. The van der Waals surface area contributed by atoms with Gasteiger partial charge in [0.1, 0.15) is 5.82 Å². The molecule has 150 valence electrons. The van der Waals surface area contributed by atoms with Gasteiger partial charge >= 0.3 is 12.0 Å². The van der Waals surface area contributed by atoms with E-state index in [0.717, 1.165) is 5.56 Å². The molecule has 3 rings (SSSR count). The molecule has 0 aliphatic carbocycles. The van der Waals surface area contributed by atoms with Crippen molar-refractivity contribution in [1.29, 1.82) is 0 Å². The van der Waals surface area contributed by atoms with Crippen molar-refractivity contribution in [2.24, 2.45) is 0 Å². The molecule has 2 amide bonds. The van der Waals surface area contributed by atoms with Crippen LogP contribution >= 0.6 is 0 Å². The monoisotopic (exact) mass is 399 g/mol. The fraction of sp³-hybridized carbons (Fsp3) is 0.125. The van der Waals surface area contributed by atoms with Crippen LogP contribution in [0.3, 0.4) is 0 Å². The summed E-state index contributed by atoms with van der Waals surface area (Å²) in [5, 5.41) is 14.7. The predicted molar refractivity (Wildman–Crippen MR) is 115 cm³/mol. The topological polar surface area (TPSA) is 91.3 Å². The van der Waals surface area contributed by atoms with Crippen LogP contribution in [-0.2, 0) is 10.3 Å². The fourth-order valence-electron chi connectivity index (χ4n) is 2.93. The first-order valence-corrected chi connectivity index (χ1v) is 9.34. The number of carbonyl (C=O) groups excluding carboxylic acids is 1. The SMILES string of the molecule is CC(CC(=O)O)(NC(=O)Nc1ccc(C#Cc2ccccc2)cn1)c1ccccc1. The van der Waals surface area contributed by atoms with E-state index in [2.05, 4.69) is 27.5 Å². The van der Waals surface area contributed by atoms with Gasteiger partial charge in [-0.15, -0.1) is 0 Å². The molecule has 0 saturated heterocycles. The standard InChI is InChI=1S/C24H21N3O3/c1-24(16-22(28)29,20-10-6-3-7-11-20)27-23(30)26-21-15-14-19(17-25-21)13-12-18-8-4-2-5-9-18/h2-11,14-15,17H,16H2,1H3,(H,28,29)(H2,25,26,27,30). The molecule has 1 heterocycles. The molecule has 0 saturated carbocycles. The number of amides is 2. The molecule has 0 spiro atoms. The smallest absolute Gasteiger partial charge is 0.321 e. The van der Waals surface area contributed by atoms with Crippen LogP contribution in [0.1, 0.15) is 30.0 Å². The van der Waals surface area contributed by atoms with E-state index in [9.17, 15) is 14.7 Å². The van der Waals surface area contributed by atoms with Crippen molar-refractivity contribution in [3.63, 3.8) is 0 Å². The zero-order chi connectivity index (χ0) is 21.4. The van der Waals surface area contributed by atoms with Gasteiger partial charge in [-0.25, -0.2) is 9.78 Å². The van der Waals surface area contributed by atoms with Gasteiger partial charge in [0.15, 0.2) is 0 Å². The average Bonchev–Trinajstić information content (AvgIpc) is 2.74. The van der Waals surface area contributed by atoms with Crippen LogP contribution in [0.2, 0.25) is 0 Å². The number of benzene rings is 2. The van der Waals surface area contributed by atoms with E-state index in [4.69, 9.17) is 0 Å². The first-order chi connectivity index (χ1) is 14.4. The lowest BCUT2D eigenvalue weighted by molar-refractivity contribution is -0.138. The lowest BCUT2D eigenvalue weighted by atomic mass is 9.89. The number of carboxylic acids is 1. The zero-order valence-corrected chi connectivity index (χ0v) is 16.4. The number of nitrogens with one attached hydrogen (secondary N) is 2. The van der Waals surface area contributed by atoms with Crippen LogP contribution in [0, 0.1) is 11.8 Å². The number of pyridine rings is 1. The Bertz CT molecular complexity index is 1070. The number of carboxylic acid groups (broad SMARTS) is 1. The van der Waals surface area contributed by atoms with E-state index in [-0.39, 0.29) is 6.42 Å². The summed E-state index contributed by atoms with van der Waals surface area (Å²) in [6.45, 7) is 1.67. The third-order valence-corrected chi connectivity index (χ3v) is 4.44. The second-order valence-electron chi connectivity index (χ2n) is 6.90. The first-order valence-electron chi connectivity index (χ1n) is 9.34. The van der Waals surface area contributed by atoms with Gasteiger partial charge in [-0.3, -0.25) is 10.1 Å². The van der Waals surface area contributed by atoms with Gasteiger partial charge in [-0.2, -0.15) is 0 Å². The Kier molecular flexibility index (Phi) is 6.46. The van der Waals surface area contributed by atoms with Crippen LogP contribution in [0.4, 0.5) is 10.6 Å². The summed E-state index contributed by atoms with van der Waals surface area (Å²) in [5.41, 5.74) is 1.24. The minimum atomic E-state index is -1.07. The molecule has 2 aromatic carbocycles. The number of rotatable bonds is 5. The molecule has 0 fully saturated rings. The number of hydrogen-bond donors (Lipinski definition) is 3. The minimum Gasteiger partial charge on any atom is -0.481 e. The van der Waals surface area contributed by atoms with Crippen molar-refractivity contribution in [3.05, 3.63) is 95.7 Å². The molecule has 0 radical (unpaired) electrons. The summed E-state index contributed by atoms with van der Waals surface area (Å²) in [7, 11) is 0. The van der Waals surface area contributed by atoms with Gasteiger partial charge in [0.25, 0.3) is 0 Å². The summed E-state index contributed by atoms with van der Waals surface area (Å²) < 4.78 is 0. The fourth-order valence-corrected chi connectivity index (χ4v) is 2.93. The van der Waals surface area contributed by atoms with E-state index in [0.29, 0.717) is 16.9 Å². The summed E-state index contributed by atoms with van der Waals surface area (Å²) in [4.78, 5) is 28.0. The Morgan fingerprint density at radius 2 is 1.57 bits per heavy atom. The van der Waals surface area contributed by atoms with Crippen molar-refractivity contribution in [2.45, 2.75) is 18.9 Å². The van der Waals surface area contributed by atoms with Crippen molar-refractivity contribution in [3.8, 4) is 11.8 Å². The molecule has 1 unspecified atom stereocenters. The number of aromatic nitrogens is 1. The lowest BCUT2D eigenvalue weighted by Gasteiger charge is -2.30. The largest absolute Gasteiger partial charge is 0.481 e. The van der Waals surface area contributed by atoms with E-state index < -0.39 is 17.5 Å². The average molecular weight is 399 g/mol. The maximum Gasteiger partial charge on any atom is 0.321 e. The molecule has 3 aromatic rings. The molecular weight excluding hydrogens is 378 g/mol. The van der Waals surface area contributed by atoms with E-state index in [1.807, 2.05) is 36.4 Å². The Morgan fingerprint density at radius 3 is 2.17 bits per heavy atom. The highest BCUT2D eigenvalue weighted by Crippen LogP contribution is 2.24. The Balaban J connectivity index is 1.67. The number of nitrogens with zero attached hydrogens (tertiary/aromatic N) is 1. The predicted octanol–water partition coefficient (Wildman–Crippen LogP) is 3.99. The molecule has 0 aliphatic heterocycles. The summed E-state index contributed by atoms with van der Waals surface area (Å²) in [5.74, 6) is 5.38. The normalized spacial score (nSPS) is 12.0. The Labute approximate surface area is 175 Å². The zero-order valence-electron chi connectivity index (χ0n) is 16.4. The summed E-state index contributed by atoms with van der Waals surface area (Å²) in [6, 6.07) is 21.4. The number of carbonyl (C=O) groups is 2. The molecule has 0 bridgehead atoms. The quantitative estimate of drug-likeness (QED) is 0.566. The first kappa shape index (κ1) is 20.6. The third-order valence-electron chi connectivity index (χ3n) is 4.44. The Morgan fingerprint density at radius 1 is 0.933 bits per heavy atom. The van der Waals surface area contributed by atoms with Gasteiger partial charge in [-0.1, -0.05) is 60.4 Å². The lowest BCUT2D eigenvalue weighted by Crippen LogP contribution is -2.47. The van der Waals surface area contributed by atoms with Crippen LogP contribution in [-0.4, -0.2) is 22.1 Å². The van der Waals surface area contributed by atoms with Gasteiger partial charge in [0.05, 0.1) is 12.0 Å².